The average molecular weight is 173 g/mol. The van der Waals surface area contributed by atoms with E-state index in [9.17, 15) is 4.79 Å². The number of benzene rings is 1. The van der Waals surface area contributed by atoms with E-state index in [-0.39, 0.29) is 0 Å². The largest absolute Gasteiger partial charge is 0.460 e. The Kier molecular flexibility index (Phi) is 1.89. The van der Waals surface area contributed by atoms with Crippen molar-refractivity contribution in [1.29, 1.82) is 0 Å². The fraction of sp³-hybridized carbons (Fsp3) is 0.182. The molecule has 0 aliphatic heterocycles. The van der Waals surface area contributed by atoms with Crippen molar-refractivity contribution in [2.45, 2.75) is 13.3 Å². The van der Waals surface area contributed by atoms with Crippen molar-refractivity contribution in [1.82, 2.24) is 0 Å². The number of para-hydroxylation sites is 1. The Morgan fingerprint density at radius 2 is 2.15 bits per heavy atom. The Morgan fingerprint density at radius 3 is 2.85 bits per heavy atom. The SMILES string of the molecule is CCc1oc2ccccc2c1[C]=O. The summed E-state index contributed by atoms with van der Waals surface area (Å²) in [5, 5.41) is 0.856. The third-order valence-corrected chi connectivity index (χ3v) is 2.09. The Hall–Kier alpha value is -1.57. The summed E-state index contributed by atoms with van der Waals surface area (Å²) < 4.78 is 5.48. The van der Waals surface area contributed by atoms with E-state index in [2.05, 4.69) is 0 Å². The van der Waals surface area contributed by atoms with Crippen molar-refractivity contribution >= 4 is 17.3 Å². The van der Waals surface area contributed by atoms with E-state index in [1.807, 2.05) is 37.5 Å². The molecular formula is C11H9O2. The highest BCUT2D eigenvalue weighted by Gasteiger charge is 2.11. The topological polar surface area (TPSA) is 30.2 Å². The number of hydrogen-bond donors (Lipinski definition) is 0. The molecular weight excluding hydrogens is 164 g/mol. The maximum atomic E-state index is 10.7. The van der Waals surface area contributed by atoms with Gasteiger partial charge in [0.25, 0.3) is 0 Å². The molecule has 0 spiro atoms. The average Bonchev–Trinajstić information content (AvgIpc) is 2.55. The Balaban J connectivity index is 2.81. The minimum atomic E-state index is 0.568. The van der Waals surface area contributed by atoms with Crippen LogP contribution in [0.25, 0.3) is 11.0 Å². The number of hydrogen-bond acceptors (Lipinski definition) is 2. The zero-order chi connectivity index (χ0) is 9.26. The smallest absolute Gasteiger partial charge is 0.237 e. The van der Waals surface area contributed by atoms with Gasteiger partial charge in [-0.2, -0.15) is 0 Å². The predicted molar refractivity (Wildman–Crippen MR) is 50.4 cm³/mol. The molecule has 0 aliphatic carbocycles. The first-order chi connectivity index (χ1) is 6.36. The van der Waals surface area contributed by atoms with Gasteiger partial charge in [-0.15, -0.1) is 0 Å². The van der Waals surface area contributed by atoms with Crippen LogP contribution < -0.4 is 0 Å². The molecule has 0 atom stereocenters. The van der Waals surface area contributed by atoms with Crippen molar-refractivity contribution in [3.05, 3.63) is 35.6 Å². The molecule has 0 N–H and O–H groups in total. The van der Waals surface area contributed by atoms with Crippen LogP contribution in [0, 0.1) is 0 Å². The number of furan rings is 1. The van der Waals surface area contributed by atoms with Gasteiger partial charge in [0.15, 0.2) is 0 Å². The van der Waals surface area contributed by atoms with Crippen molar-refractivity contribution in [2.75, 3.05) is 0 Å². The normalized spacial score (nSPS) is 10.5. The molecule has 1 aromatic heterocycles. The molecule has 0 aliphatic rings. The molecule has 13 heavy (non-hydrogen) atoms. The van der Waals surface area contributed by atoms with Crippen molar-refractivity contribution in [2.24, 2.45) is 0 Å². The quantitative estimate of drug-likeness (QED) is 0.698. The number of rotatable bonds is 2. The molecule has 1 aromatic carbocycles. The summed E-state index contributed by atoms with van der Waals surface area (Å²) in [6.07, 6.45) is 2.65. The number of fused-ring (bicyclic) bond motifs is 1. The van der Waals surface area contributed by atoms with Gasteiger partial charge in [-0.1, -0.05) is 25.1 Å². The Labute approximate surface area is 76.2 Å². The van der Waals surface area contributed by atoms with Gasteiger partial charge in [0.05, 0.1) is 5.56 Å². The van der Waals surface area contributed by atoms with Crippen LogP contribution in [0.4, 0.5) is 0 Å². The van der Waals surface area contributed by atoms with Gasteiger partial charge in [0.2, 0.25) is 6.29 Å². The highest BCUT2D eigenvalue weighted by atomic mass is 16.3. The van der Waals surface area contributed by atoms with Gasteiger partial charge in [-0.3, -0.25) is 4.79 Å². The van der Waals surface area contributed by atoms with Gasteiger partial charge in [-0.05, 0) is 6.07 Å². The van der Waals surface area contributed by atoms with Gasteiger partial charge in [0, 0.05) is 11.8 Å². The molecule has 0 fully saturated rings. The van der Waals surface area contributed by atoms with Crippen molar-refractivity contribution in [3.63, 3.8) is 0 Å². The van der Waals surface area contributed by atoms with E-state index in [0.29, 0.717) is 5.56 Å². The van der Waals surface area contributed by atoms with Crippen LogP contribution in [0.1, 0.15) is 18.2 Å². The van der Waals surface area contributed by atoms with E-state index in [4.69, 9.17) is 4.42 Å². The molecule has 2 heteroatoms. The fourth-order valence-electron chi connectivity index (χ4n) is 1.46. The second-order valence-electron chi connectivity index (χ2n) is 2.85. The van der Waals surface area contributed by atoms with E-state index < -0.39 is 0 Å². The molecule has 2 aromatic rings. The van der Waals surface area contributed by atoms with Crippen LogP contribution >= 0.6 is 0 Å². The van der Waals surface area contributed by atoms with E-state index in [0.717, 1.165) is 23.2 Å². The molecule has 0 saturated heterocycles. The molecule has 2 nitrogen and oxygen atoms in total. The maximum absolute atomic E-state index is 10.7. The lowest BCUT2D eigenvalue weighted by molar-refractivity contribution is 0.545. The number of carbonyl (C=O) groups excluding carboxylic acids is 1. The summed E-state index contributed by atoms with van der Waals surface area (Å²) in [5.41, 5.74) is 1.33. The van der Waals surface area contributed by atoms with E-state index in [1.54, 1.807) is 0 Å². The minimum absolute atomic E-state index is 0.568. The van der Waals surface area contributed by atoms with Gasteiger partial charge >= 0.3 is 0 Å². The van der Waals surface area contributed by atoms with Gasteiger partial charge < -0.3 is 4.42 Å². The minimum Gasteiger partial charge on any atom is -0.460 e. The zero-order valence-electron chi connectivity index (χ0n) is 7.33. The van der Waals surface area contributed by atoms with Crippen molar-refractivity contribution < 1.29 is 9.21 Å². The Bertz CT molecular complexity index is 440. The van der Waals surface area contributed by atoms with Gasteiger partial charge in [-0.25, -0.2) is 0 Å². The molecule has 0 amide bonds. The van der Waals surface area contributed by atoms with Crippen LogP contribution in [0.2, 0.25) is 0 Å². The fourth-order valence-corrected chi connectivity index (χ4v) is 1.46. The summed E-state index contributed by atoms with van der Waals surface area (Å²) in [4.78, 5) is 10.7. The van der Waals surface area contributed by atoms with Crippen LogP contribution in [0.5, 0.6) is 0 Å². The first kappa shape index (κ1) is 8.05. The van der Waals surface area contributed by atoms with E-state index in [1.165, 1.54) is 0 Å². The number of aryl methyl sites for hydroxylation is 1. The lowest BCUT2D eigenvalue weighted by Gasteiger charge is -1.86. The third-order valence-electron chi connectivity index (χ3n) is 2.09. The predicted octanol–water partition coefficient (Wildman–Crippen LogP) is 2.45. The van der Waals surface area contributed by atoms with Crippen LogP contribution in [-0.4, -0.2) is 6.29 Å². The standard InChI is InChI=1S/C11H9O2/c1-2-10-9(7-12)8-5-3-4-6-11(8)13-10/h3-6H,2H2,1H3. The molecule has 65 valence electrons. The summed E-state index contributed by atoms with van der Waals surface area (Å²) >= 11 is 0. The highest BCUT2D eigenvalue weighted by molar-refractivity contribution is 5.97. The van der Waals surface area contributed by atoms with Crippen molar-refractivity contribution in [3.8, 4) is 0 Å². The Morgan fingerprint density at radius 1 is 1.38 bits per heavy atom. The molecule has 2 rings (SSSR count). The monoisotopic (exact) mass is 173 g/mol. The molecule has 0 saturated carbocycles. The third kappa shape index (κ3) is 1.15. The second-order valence-corrected chi connectivity index (χ2v) is 2.85. The van der Waals surface area contributed by atoms with Crippen LogP contribution in [0.15, 0.2) is 28.7 Å². The molecule has 0 unspecified atom stereocenters. The summed E-state index contributed by atoms with van der Waals surface area (Å²) in [5.74, 6) is 0.719. The summed E-state index contributed by atoms with van der Waals surface area (Å²) in [7, 11) is 0. The lowest BCUT2D eigenvalue weighted by Crippen LogP contribution is -1.83. The van der Waals surface area contributed by atoms with Crippen LogP contribution in [0.3, 0.4) is 0 Å². The molecule has 1 radical (unpaired) electrons. The second kappa shape index (κ2) is 3.05. The summed E-state index contributed by atoms with van der Waals surface area (Å²) in [6.45, 7) is 1.96. The highest BCUT2D eigenvalue weighted by Crippen LogP contribution is 2.24. The van der Waals surface area contributed by atoms with Gasteiger partial charge in [0.1, 0.15) is 11.3 Å². The molecule has 1 heterocycles. The van der Waals surface area contributed by atoms with Crippen LogP contribution in [-0.2, 0) is 11.2 Å². The first-order valence-electron chi connectivity index (χ1n) is 4.25. The zero-order valence-corrected chi connectivity index (χ0v) is 7.33. The summed E-state index contributed by atoms with van der Waals surface area (Å²) in [6, 6.07) is 7.51. The van der Waals surface area contributed by atoms with E-state index >= 15 is 0 Å². The first-order valence-corrected chi connectivity index (χ1v) is 4.25. The lowest BCUT2D eigenvalue weighted by atomic mass is 10.1. The molecule has 0 bridgehead atoms. The maximum Gasteiger partial charge on any atom is 0.237 e.